The molecule has 0 saturated carbocycles. The summed E-state index contributed by atoms with van der Waals surface area (Å²) in [6.45, 7) is 3.78. The highest BCUT2D eigenvalue weighted by Gasteiger charge is 2.42. The Balaban J connectivity index is 1.37. The van der Waals surface area contributed by atoms with Gasteiger partial charge in [-0.3, -0.25) is 4.57 Å². The molecule has 0 bridgehead atoms. The molecule has 1 fully saturated rings. The van der Waals surface area contributed by atoms with Crippen molar-refractivity contribution in [3.05, 3.63) is 64.9 Å². The summed E-state index contributed by atoms with van der Waals surface area (Å²) in [5, 5.41) is 9.50. The Kier molecular flexibility index (Phi) is 3.86. The Morgan fingerprint density at radius 3 is 2.48 bits per heavy atom. The number of hydrogen-bond donors (Lipinski definition) is 0. The molecule has 0 aliphatic carbocycles. The van der Waals surface area contributed by atoms with E-state index in [1.807, 2.05) is 37.3 Å². The van der Waals surface area contributed by atoms with Gasteiger partial charge in [-0.2, -0.15) is 0 Å². The number of ether oxygens (including phenoxy) is 1. The van der Waals surface area contributed by atoms with Crippen molar-refractivity contribution in [3.63, 3.8) is 0 Å². The van der Waals surface area contributed by atoms with Gasteiger partial charge in [0.1, 0.15) is 17.2 Å². The third-order valence-electron chi connectivity index (χ3n) is 5.66. The van der Waals surface area contributed by atoms with Gasteiger partial charge in [-0.1, -0.05) is 29.8 Å². The zero-order valence-electron chi connectivity index (χ0n) is 15.2. The smallest absolute Gasteiger partial charge is 0.231 e. The third-order valence-corrected chi connectivity index (χ3v) is 5.91. The first-order valence-corrected chi connectivity index (χ1v) is 9.71. The quantitative estimate of drug-likeness (QED) is 0.668. The van der Waals surface area contributed by atoms with Gasteiger partial charge in [0.15, 0.2) is 0 Å². The number of fused-ring (bicyclic) bond motifs is 1. The van der Waals surface area contributed by atoms with Crippen molar-refractivity contribution >= 4 is 17.5 Å². The first-order chi connectivity index (χ1) is 13.1. The molecule has 3 aromatic rings. The number of anilines is 1. The minimum absolute atomic E-state index is 0.0691. The number of piperidine rings is 1. The van der Waals surface area contributed by atoms with Crippen molar-refractivity contribution in [2.75, 3.05) is 18.0 Å². The van der Waals surface area contributed by atoms with E-state index in [1.54, 1.807) is 0 Å². The Bertz CT molecular complexity index is 947. The van der Waals surface area contributed by atoms with Crippen LogP contribution < -0.4 is 9.64 Å². The number of benzene rings is 2. The summed E-state index contributed by atoms with van der Waals surface area (Å²) in [5.41, 5.74) is 2.29. The fourth-order valence-corrected chi connectivity index (χ4v) is 4.33. The second-order valence-electron chi connectivity index (χ2n) is 7.42. The molecule has 0 N–H and O–H groups in total. The highest BCUT2D eigenvalue weighted by atomic mass is 35.5. The van der Waals surface area contributed by atoms with Crippen LogP contribution in [0.15, 0.2) is 48.5 Å². The molecule has 0 atom stereocenters. The second-order valence-corrected chi connectivity index (χ2v) is 7.85. The molecule has 2 aliphatic heterocycles. The van der Waals surface area contributed by atoms with Crippen LogP contribution in [0.2, 0.25) is 5.02 Å². The van der Waals surface area contributed by atoms with E-state index >= 15 is 0 Å². The zero-order valence-corrected chi connectivity index (χ0v) is 16.0. The summed E-state index contributed by atoms with van der Waals surface area (Å²) < 4.78 is 8.46. The van der Waals surface area contributed by atoms with Gasteiger partial charge in [-0.05, 0) is 42.8 Å². The van der Waals surface area contributed by atoms with Gasteiger partial charge >= 0.3 is 0 Å². The number of halogens is 1. The van der Waals surface area contributed by atoms with E-state index in [4.69, 9.17) is 16.3 Å². The summed E-state index contributed by atoms with van der Waals surface area (Å²) >= 11 is 6.04. The topological polar surface area (TPSA) is 43.2 Å². The molecule has 0 radical (unpaired) electrons. The number of para-hydroxylation sites is 1. The van der Waals surface area contributed by atoms with Gasteiger partial charge in [-0.25, -0.2) is 0 Å². The minimum atomic E-state index is -0.0691. The molecule has 5 rings (SSSR count). The lowest BCUT2D eigenvalue weighted by Crippen LogP contribution is -2.48. The number of aryl methyl sites for hydroxylation is 1. The van der Waals surface area contributed by atoms with Crippen molar-refractivity contribution in [3.8, 4) is 11.4 Å². The lowest BCUT2D eigenvalue weighted by atomic mass is 9.87. The molecule has 1 spiro atoms. The first kappa shape index (κ1) is 16.6. The van der Waals surface area contributed by atoms with Crippen LogP contribution in [0.5, 0.6) is 5.75 Å². The minimum Gasteiger partial charge on any atom is -0.487 e. The summed E-state index contributed by atoms with van der Waals surface area (Å²) in [7, 11) is 0. The summed E-state index contributed by atoms with van der Waals surface area (Å²) in [6.07, 6.45) is 2.96. The van der Waals surface area contributed by atoms with Gasteiger partial charge < -0.3 is 9.64 Å². The standard InChI is InChI=1S/C21H21ClN4O/c1-15-23-24-20(26(15)18-8-6-17(22)7-9-18)25-12-10-21(11-13-25)14-16-4-2-3-5-19(16)27-21/h2-9H,10-14H2,1H3. The maximum atomic E-state index is 6.37. The molecule has 2 aliphatic rings. The Morgan fingerprint density at radius 1 is 1.00 bits per heavy atom. The lowest BCUT2D eigenvalue weighted by Gasteiger charge is -2.39. The molecular formula is C21H21ClN4O. The summed E-state index contributed by atoms with van der Waals surface area (Å²) in [4.78, 5) is 2.31. The monoisotopic (exact) mass is 380 g/mol. The van der Waals surface area contributed by atoms with Crippen LogP contribution in [-0.2, 0) is 6.42 Å². The number of hydrogen-bond acceptors (Lipinski definition) is 4. The first-order valence-electron chi connectivity index (χ1n) is 9.33. The van der Waals surface area contributed by atoms with Gasteiger partial charge in [0.05, 0.1) is 5.69 Å². The Hall–Kier alpha value is -2.53. The zero-order chi connectivity index (χ0) is 18.4. The van der Waals surface area contributed by atoms with Crippen molar-refractivity contribution in [2.24, 2.45) is 0 Å². The normalized spacial score (nSPS) is 17.8. The molecule has 27 heavy (non-hydrogen) atoms. The molecule has 138 valence electrons. The van der Waals surface area contributed by atoms with Crippen LogP contribution in [0.1, 0.15) is 24.2 Å². The maximum absolute atomic E-state index is 6.37. The van der Waals surface area contributed by atoms with Crippen molar-refractivity contribution in [1.29, 1.82) is 0 Å². The molecule has 0 unspecified atom stereocenters. The lowest BCUT2D eigenvalue weighted by molar-refractivity contribution is 0.0664. The van der Waals surface area contributed by atoms with E-state index in [-0.39, 0.29) is 5.60 Å². The van der Waals surface area contributed by atoms with E-state index in [1.165, 1.54) is 5.56 Å². The largest absolute Gasteiger partial charge is 0.487 e. The number of rotatable bonds is 2. The molecule has 0 amide bonds. The van der Waals surface area contributed by atoms with Crippen LogP contribution >= 0.6 is 11.6 Å². The van der Waals surface area contributed by atoms with Crippen LogP contribution in [0.25, 0.3) is 5.69 Å². The van der Waals surface area contributed by atoms with E-state index < -0.39 is 0 Å². The SMILES string of the molecule is Cc1nnc(N2CCC3(CC2)Cc2ccccc2O3)n1-c1ccc(Cl)cc1. The van der Waals surface area contributed by atoms with E-state index in [0.29, 0.717) is 0 Å². The molecule has 6 heteroatoms. The van der Waals surface area contributed by atoms with Gasteiger partial charge in [0.25, 0.3) is 0 Å². The molecule has 1 aromatic heterocycles. The predicted molar refractivity (Wildman–Crippen MR) is 106 cm³/mol. The molecular weight excluding hydrogens is 360 g/mol. The summed E-state index contributed by atoms with van der Waals surface area (Å²) in [5.74, 6) is 2.81. The van der Waals surface area contributed by atoms with E-state index in [0.717, 1.165) is 60.6 Å². The highest BCUT2D eigenvalue weighted by Crippen LogP contribution is 2.41. The maximum Gasteiger partial charge on any atom is 0.231 e. The van der Waals surface area contributed by atoms with Gasteiger partial charge in [0.2, 0.25) is 5.95 Å². The van der Waals surface area contributed by atoms with Crippen molar-refractivity contribution in [1.82, 2.24) is 14.8 Å². The molecule has 2 aromatic carbocycles. The highest BCUT2D eigenvalue weighted by molar-refractivity contribution is 6.30. The van der Waals surface area contributed by atoms with Crippen LogP contribution in [0, 0.1) is 6.92 Å². The predicted octanol–water partition coefficient (Wildman–Crippen LogP) is 4.20. The van der Waals surface area contributed by atoms with E-state index in [2.05, 4.69) is 37.9 Å². The number of nitrogens with zero attached hydrogens (tertiary/aromatic N) is 4. The van der Waals surface area contributed by atoms with Gasteiger partial charge in [-0.15, -0.1) is 10.2 Å². The molecule has 3 heterocycles. The average Bonchev–Trinajstić information content (AvgIpc) is 3.23. The fourth-order valence-electron chi connectivity index (χ4n) is 4.21. The summed E-state index contributed by atoms with van der Waals surface area (Å²) in [6, 6.07) is 16.2. The van der Waals surface area contributed by atoms with Crippen LogP contribution in [0.3, 0.4) is 0 Å². The third kappa shape index (κ3) is 2.86. The van der Waals surface area contributed by atoms with Crippen LogP contribution in [-0.4, -0.2) is 33.5 Å². The van der Waals surface area contributed by atoms with Crippen molar-refractivity contribution in [2.45, 2.75) is 31.8 Å². The molecule has 5 nitrogen and oxygen atoms in total. The number of aromatic nitrogens is 3. The fraction of sp³-hybridized carbons (Fsp3) is 0.333. The van der Waals surface area contributed by atoms with Crippen LogP contribution in [0.4, 0.5) is 5.95 Å². The van der Waals surface area contributed by atoms with Gasteiger partial charge in [0, 0.05) is 37.4 Å². The van der Waals surface area contributed by atoms with Crippen molar-refractivity contribution < 1.29 is 4.74 Å². The average molecular weight is 381 g/mol. The Labute approximate surface area is 163 Å². The second kappa shape index (κ2) is 6.27. The Morgan fingerprint density at radius 2 is 1.74 bits per heavy atom. The molecule has 1 saturated heterocycles. The van der Waals surface area contributed by atoms with E-state index in [9.17, 15) is 0 Å².